The van der Waals surface area contributed by atoms with E-state index in [1.807, 2.05) is 30.3 Å². The number of halogens is 1. The summed E-state index contributed by atoms with van der Waals surface area (Å²) in [6.45, 7) is 2.15. The molecule has 4 N–H and O–H groups in total. The summed E-state index contributed by atoms with van der Waals surface area (Å²) in [6, 6.07) is 12.1. The maximum atomic E-state index is 14.2. The van der Waals surface area contributed by atoms with E-state index >= 15 is 0 Å². The summed E-state index contributed by atoms with van der Waals surface area (Å²) in [6.07, 6.45) is 4.89. The molecular formula is C31H40FN5O4. The van der Waals surface area contributed by atoms with E-state index < -0.39 is 35.9 Å². The Kier molecular flexibility index (Phi) is 10.5. The van der Waals surface area contributed by atoms with Gasteiger partial charge in [0.2, 0.25) is 17.7 Å². The van der Waals surface area contributed by atoms with E-state index in [-0.39, 0.29) is 42.2 Å². The van der Waals surface area contributed by atoms with Gasteiger partial charge in [-0.05, 0) is 69.0 Å². The van der Waals surface area contributed by atoms with Gasteiger partial charge >= 0.3 is 0 Å². The van der Waals surface area contributed by atoms with Crippen molar-refractivity contribution in [1.29, 1.82) is 0 Å². The molecule has 4 amide bonds. The van der Waals surface area contributed by atoms with Crippen molar-refractivity contribution in [2.24, 2.45) is 5.92 Å². The first-order valence-electron chi connectivity index (χ1n) is 14.4. The van der Waals surface area contributed by atoms with E-state index in [1.165, 1.54) is 29.2 Å². The molecule has 0 unspecified atom stereocenters. The number of likely N-dealkylation sites (tertiary alicyclic amines) is 1. The first-order chi connectivity index (χ1) is 19.8. The maximum Gasteiger partial charge on any atom is 0.251 e. The van der Waals surface area contributed by atoms with Crippen LogP contribution < -0.4 is 21.3 Å². The third-order valence-electron chi connectivity index (χ3n) is 8.15. The molecule has 2 aromatic carbocycles. The minimum absolute atomic E-state index is 0.0369. The molecule has 220 valence electrons. The van der Waals surface area contributed by atoms with Crippen molar-refractivity contribution >= 4 is 23.6 Å². The zero-order valence-corrected chi connectivity index (χ0v) is 23.7. The van der Waals surface area contributed by atoms with Crippen LogP contribution in [0.1, 0.15) is 61.4 Å². The fraction of sp³-hybridized carbons (Fsp3) is 0.484. The highest BCUT2D eigenvalue weighted by Gasteiger charge is 2.44. The topological polar surface area (TPSA) is 120 Å². The van der Waals surface area contributed by atoms with Crippen LogP contribution in [-0.2, 0) is 20.9 Å². The van der Waals surface area contributed by atoms with Crippen LogP contribution in [-0.4, -0.2) is 66.3 Å². The van der Waals surface area contributed by atoms with Crippen LogP contribution in [0.2, 0.25) is 0 Å². The zero-order valence-electron chi connectivity index (χ0n) is 23.7. The van der Waals surface area contributed by atoms with Crippen molar-refractivity contribution < 1.29 is 23.6 Å². The van der Waals surface area contributed by atoms with Crippen molar-refractivity contribution in [2.75, 3.05) is 13.6 Å². The summed E-state index contributed by atoms with van der Waals surface area (Å²) in [7, 11) is 1.68. The van der Waals surface area contributed by atoms with E-state index in [9.17, 15) is 23.6 Å². The summed E-state index contributed by atoms with van der Waals surface area (Å²) in [4.78, 5) is 55.0. The number of hydrogen-bond donors (Lipinski definition) is 4. The minimum Gasteiger partial charge on any atom is -0.350 e. The van der Waals surface area contributed by atoms with Gasteiger partial charge in [-0.2, -0.15) is 0 Å². The summed E-state index contributed by atoms with van der Waals surface area (Å²) < 4.78 is 13.4. The molecule has 1 saturated carbocycles. The molecule has 2 aromatic rings. The second-order valence-corrected chi connectivity index (χ2v) is 11.0. The normalized spacial score (nSPS) is 20.6. The van der Waals surface area contributed by atoms with Gasteiger partial charge in [0, 0.05) is 24.7 Å². The average molecular weight is 566 g/mol. The molecule has 9 nitrogen and oxygen atoms in total. The van der Waals surface area contributed by atoms with Crippen LogP contribution in [0.4, 0.5) is 4.39 Å². The van der Waals surface area contributed by atoms with E-state index in [1.54, 1.807) is 14.0 Å². The molecule has 2 fully saturated rings. The Hall–Kier alpha value is -3.79. The number of hydrogen-bond acceptors (Lipinski definition) is 5. The van der Waals surface area contributed by atoms with Gasteiger partial charge in [0.15, 0.2) is 0 Å². The molecule has 1 aliphatic carbocycles. The Morgan fingerprint density at radius 2 is 1.66 bits per heavy atom. The smallest absolute Gasteiger partial charge is 0.251 e. The maximum absolute atomic E-state index is 14.2. The first kappa shape index (κ1) is 30.2. The van der Waals surface area contributed by atoms with Gasteiger partial charge in [-0.1, -0.05) is 49.6 Å². The molecule has 4 rings (SSSR count). The van der Waals surface area contributed by atoms with Gasteiger partial charge in [-0.3, -0.25) is 19.2 Å². The first-order valence-corrected chi connectivity index (χ1v) is 14.4. The number of carbonyl (C=O) groups excluding carboxylic acids is 4. The lowest BCUT2D eigenvalue weighted by Gasteiger charge is -2.35. The molecular weight excluding hydrogens is 525 g/mol. The predicted octanol–water partition coefficient (Wildman–Crippen LogP) is 2.51. The monoisotopic (exact) mass is 565 g/mol. The molecule has 0 bridgehead atoms. The van der Waals surface area contributed by atoms with E-state index in [2.05, 4.69) is 21.3 Å². The number of likely N-dealkylation sites (N-methyl/N-ethyl adjacent to an activating group) is 1. The number of amides is 4. The lowest BCUT2D eigenvalue weighted by molar-refractivity contribution is -0.143. The second-order valence-electron chi connectivity index (χ2n) is 11.0. The van der Waals surface area contributed by atoms with Gasteiger partial charge in [0.05, 0.1) is 6.04 Å². The highest BCUT2D eigenvalue weighted by Crippen LogP contribution is 2.30. The third kappa shape index (κ3) is 7.91. The number of rotatable bonds is 10. The number of nitrogens with one attached hydrogen (secondary N) is 4. The quantitative estimate of drug-likeness (QED) is 0.353. The third-order valence-corrected chi connectivity index (χ3v) is 8.15. The lowest BCUT2D eigenvalue weighted by Crippen LogP contribution is -2.58. The molecule has 0 spiro atoms. The lowest BCUT2D eigenvalue weighted by atomic mass is 9.83. The highest BCUT2D eigenvalue weighted by atomic mass is 19.1. The SMILES string of the molecule is CN[C@@H](C)C(=O)N[C@H](C(=O)N1C[C@@H](NC(=O)c2ccc(F)cc2)C[C@H]1C(=O)NCc1ccccc1)C1CCCCC1. The second kappa shape index (κ2) is 14.2. The van der Waals surface area contributed by atoms with Crippen LogP contribution in [0.15, 0.2) is 54.6 Å². The van der Waals surface area contributed by atoms with Crippen LogP contribution >= 0.6 is 0 Å². The van der Waals surface area contributed by atoms with Gasteiger partial charge in [0.25, 0.3) is 5.91 Å². The van der Waals surface area contributed by atoms with Crippen molar-refractivity contribution in [3.05, 3.63) is 71.5 Å². The molecule has 0 radical (unpaired) electrons. The molecule has 4 atom stereocenters. The Balaban J connectivity index is 1.55. The summed E-state index contributed by atoms with van der Waals surface area (Å²) in [5.74, 6) is -1.80. The fourth-order valence-corrected chi connectivity index (χ4v) is 5.64. The number of benzene rings is 2. The molecule has 10 heteroatoms. The molecule has 0 aromatic heterocycles. The van der Waals surface area contributed by atoms with Crippen LogP contribution in [0, 0.1) is 11.7 Å². The van der Waals surface area contributed by atoms with Crippen molar-refractivity contribution in [1.82, 2.24) is 26.2 Å². The van der Waals surface area contributed by atoms with E-state index in [0.29, 0.717) is 6.54 Å². The molecule has 41 heavy (non-hydrogen) atoms. The van der Waals surface area contributed by atoms with E-state index in [4.69, 9.17) is 0 Å². The molecule has 1 aliphatic heterocycles. The van der Waals surface area contributed by atoms with Gasteiger partial charge < -0.3 is 26.2 Å². The average Bonchev–Trinajstić information content (AvgIpc) is 3.42. The van der Waals surface area contributed by atoms with E-state index in [0.717, 1.165) is 37.7 Å². The Labute approximate surface area is 240 Å². The predicted molar refractivity (Wildman–Crippen MR) is 153 cm³/mol. The minimum atomic E-state index is -0.825. The standard InChI is InChI=1S/C31H40FN5O4/c1-20(33-2)28(38)36-27(22-11-7-4-8-12-22)31(41)37-19-25(35-29(39)23-13-15-24(32)16-14-23)17-26(37)30(40)34-18-21-9-5-3-6-10-21/h3,5-6,9-10,13-16,20,22,25-27,33H,4,7-8,11-12,17-19H2,1-2H3,(H,34,40)(H,35,39)(H,36,38)/t20-,25-,26-,27-/m0/s1. The summed E-state index contributed by atoms with van der Waals surface area (Å²) >= 11 is 0. The van der Waals surface area contributed by atoms with Crippen LogP contribution in [0.25, 0.3) is 0 Å². The van der Waals surface area contributed by atoms with Crippen LogP contribution in [0.3, 0.4) is 0 Å². The number of carbonyl (C=O) groups is 4. The Bertz CT molecular complexity index is 1200. The summed E-state index contributed by atoms with van der Waals surface area (Å²) in [5.41, 5.74) is 1.21. The van der Waals surface area contributed by atoms with Crippen molar-refractivity contribution in [2.45, 2.75) is 76.2 Å². The van der Waals surface area contributed by atoms with Crippen molar-refractivity contribution in [3.63, 3.8) is 0 Å². The Morgan fingerprint density at radius 3 is 2.32 bits per heavy atom. The number of nitrogens with zero attached hydrogens (tertiary/aromatic N) is 1. The van der Waals surface area contributed by atoms with Gasteiger partial charge in [0.1, 0.15) is 17.9 Å². The highest BCUT2D eigenvalue weighted by molar-refractivity contribution is 5.96. The zero-order chi connectivity index (χ0) is 29.4. The van der Waals surface area contributed by atoms with Gasteiger partial charge in [-0.25, -0.2) is 4.39 Å². The fourth-order valence-electron chi connectivity index (χ4n) is 5.64. The molecule has 1 saturated heterocycles. The molecule has 1 heterocycles. The Morgan fingerprint density at radius 1 is 0.976 bits per heavy atom. The molecule has 2 aliphatic rings. The van der Waals surface area contributed by atoms with Crippen LogP contribution in [0.5, 0.6) is 0 Å². The largest absolute Gasteiger partial charge is 0.350 e. The van der Waals surface area contributed by atoms with Crippen molar-refractivity contribution in [3.8, 4) is 0 Å². The van der Waals surface area contributed by atoms with Gasteiger partial charge in [-0.15, -0.1) is 0 Å². The summed E-state index contributed by atoms with van der Waals surface area (Å²) in [5, 5.41) is 11.7.